The Hall–Kier alpha value is -0.990. The van der Waals surface area contributed by atoms with Crippen LogP contribution in [0.4, 0.5) is 0 Å². The first-order valence-corrected chi connectivity index (χ1v) is 14.5. The minimum absolute atomic E-state index is 0.868. The van der Waals surface area contributed by atoms with E-state index in [-0.39, 0.29) is 0 Å². The van der Waals surface area contributed by atoms with Crippen molar-refractivity contribution in [3.8, 4) is 0 Å². The van der Waals surface area contributed by atoms with Crippen molar-refractivity contribution in [2.75, 3.05) is 64.1 Å². The van der Waals surface area contributed by atoms with E-state index in [1.807, 2.05) is 18.2 Å². The van der Waals surface area contributed by atoms with Crippen LogP contribution in [0, 0.1) is 0 Å². The fraction of sp³-hybridized carbons (Fsp3) is 0.760. The fourth-order valence-corrected chi connectivity index (χ4v) is 4.96. The van der Waals surface area contributed by atoms with Crippen LogP contribution in [-0.2, 0) is 19.0 Å². The number of hydrogen-bond acceptors (Lipinski definition) is 6. The topological polar surface area (TPSA) is 72.5 Å². The fourth-order valence-electron chi connectivity index (χ4n) is 3.30. The number of pyridine rings is 1. The van der Waals surface area contributed by atoms with Gasteiger partial charge < -0.3 is 20.1 Å². The number of nitrogens with one attached hydrogen (secondary N) is 2. The SMILES string of the molecule is C1CCOCC1.C1CCOCC1.C1CNCCN1.C=S1(=O)CCCCC1.c1ccncc1. The average Bonchev–Trinajstić information content (AvgIpc) is 2.90. The Kier molecular flexibility index (Phi) is 19.8. The van der Waals surface area contributed by atoms with Gasteiger partial charge in [-0.05, 0) is 78.9 Å². The first-order chi connectivity index (χ1) is 15.7. The second-order valence-corrected chi connectivity index (χ2v) is 11.1. The highest BCUT2D eigenvalue weighted by atomic mass is 32.2. The van der Waals surface area contributed by atoms with Gasteiger partial charge in [-0.3, -0.25) is 9.19 Å². The summed E-state index contributed by atoms with van der Waals surface area (Å²) in [6.45, 7) is 8.56. The van der Waals surface area contributed by atoms with Gasteiger partial charge in [0, 0.05) is 76.5 Å². The van der Waals surface area contributed by atoms with Gasteiger partial charge in [0.05, 0.1) is 0 Å². The Morgan fingerprint density at radius 3 is 1.19 bits per heavy atom. The van der Waals surface area contributed by atoms with Crippen LogP contribution < -0.4 is 10.6 Å². The van der Waals surface area contributed by atoms with Gasteiger partial charge >= 0.3 is 0 Å². The van der Waals surface area contributed by atoms with Crippen molar-refractivity contribution >= 4 is 15.4 Å². The molecular formula is C25H47N3O3S. The van der Waals surface area contributed by atoms with Crippen LogP contribution >= 0.6 is 0 Å². The summed E-state index contributed by atoms with van der Waals surface area (Å²) in [5.74, 6) is 5.39. The predicted molar refractivity (Wildman–Crippen MR) is 138 cm³/mol. The quantitative estimate of drug-likeness (QED) is 0.567. The molecule has 7 heteroatoms. The number of aromatic nitrogens is 1. The molecule has 0 aliphatic carbocycles. The molecule has 0 spiro atoms. The summed E-state index contributed by atoms with van der Waals surface area (Å²) < 4.78 is 21.2. The van der Waals surface area contributed by atoms with Gasteiger partial charge in [-0.25, -0.2) is 0 Å². The second kappa shape index (κ2) is 21.8. The van der Waals surface area contributed by atoms with Crippen LogP contribution in [0.15, 0.2) is 30.6 Å². The third-order valence-corrected chi connectivity index (χ3v) is 7.28. The molecule has 0 amide bonds. The Morgan fingerprint density at radius 1 is 0.625 bits per heavy atom. The molecular weight excluding hydrogens is 422 g/mol. The van der Waals surface area contributed by atoms with E-state index < -0.39 is 9.52 Å². The standard InChI is InChI=1S/C6H12OS.C5H5N.2C5H10O.C4H10N2/c1-8(7)5-3-2-4-6-8;3*1-2-4-6-5-3-1;1-2-6-4-3-5-1/h1-6H2;1-5H;2*1-5H2;5-6H,1-4H2. The molecule has 5 heterocycles. The van der Waals surface area contributed by atoms with Gasteiger partial charge in [-0.2, -0.15) is 0 Å². The number of hydrogen-bond donors (Lipinski definition) is 2. The van der Waals surface area contributed by atoms with E-state index in [4.69, 9.17) is 9.47 Å². The summed E-state index contributed by atoms with van der Waals surface area (Å²) in [5, 5.41) is 6.44. The van der Waals surface area contributed by atoms with Gasteiger partial charge in [0.25, 0.3) is 0 Å². The number of piperazine rings is 1. The molecule has 2 N–H and O–H groups in total. The first-order valence-electron chi connectivity index (χ1n) is 12.5. The summed E-state index contributed by atoms with van der Waals surface area (Å²) in [4.78, 5) is 3.78. The van der Waals surface area contributed by atoms with E-state index in [1.54, 1.807) is 12.4 Å². The zero-order valence-corrected chi connectivity index (χ0v) is 20.9. The number of rotatable bonds is 0. The highest BCUT2D eigenvalue weighted by molar-refractivity contribution is 8.00. The first kappa shape index (κ1) is 29.0. The van der Waals surface area contributed by atoms with E-state index in [1.165, 1.54) is 44.9 Å². The van der Waals surface area contributed by atoms with Gasteiger partial charge in [0.1, 0.15) is 0 Å². The molecule has 0 aromatic carbocycles. The summed E-state index contributed by atoms with van der Waals surface area (Å²) in [7, 11) is -1.58. The van der Waals surface area contributed by atoms with Gasteiger partial charge in [0.15, 0.2) is 0 Å². The smallest absolute Gasteiger partial charge is 0.0466 e. The maximum absolute atomic E-state index is 11.1. The van der Waals surface area contributed by atoms with E-state index in [9.17, 15) is 4.21 Å². The molecule has 6 nitrogen and oxygen atoms in total. The maximum atomic E-state index is 11.1. The molecule has 1 aromatic rings. The molecule has 0 bridgehead atoms. The molecule has 4 aliphatic heterocycles. The van der Waals surface area contributed by atoms with Crippen LogP contribution in [0.1, 0.15) is 57.8 Å². The molecule has 4 saturated heterocycles. The molecule has 5 rings (SSSR count). The Bertz CT molecular complexity index is 486. The van der Waals surface area contributed by atoms with Crippen molar-refractivity contribution in [1.29, 1.82) is 0 Å². The molecule has 0 radical (unpaired) electrons. The lowest BCUT2D eigenvalue weighted by atomic mass is 10.2. The summed E-state index contributed by atoms with van der Waals surface area (Å²) in [5.41, 5.74) is 0. The van der Waals surface area contributed by atoms with Crippen molar-refractivity contribution in [1.82, 2.24) is 15.6 Å². The third kappa shape index (κ3) is 20.9. The van der Waals surface area contributed by atoms with E-state index in [2.05, 4.69) is 21.5 Å². The van der Waals surface area contributed by atoms with E-state index in [0.29, 0.717) is 0 Å². The largest absolute Gasteiger partial charge is 0.381 e. The number of nitrogens with zero attached hydrogens (tertiary/aromatic N) is 1. The van der Waals surface area contributed by atoms with Crippen molar-refractivity contribution in [2.24, 2.45) is 0 Å². The van der Waals surface area contributed by atoms with Crippen LogP contribution in [0.5, 0.6) is 0 Å². The Balaban J connectivity index is 0.000000201. The van der Waals surface area contributed by atoms with Crippen LogP contribution in [0.2, 0.25) is 0 Å². The van der Waals surface area contributed by atoms with Gasteiger partial charge in [-0.1, -0.05) is 12.5 Å². The van der Waals surface area contributed by atoms with Crippen molar-refractivity contribution in [3.63, 3.8) is 0 Å². The third-order valence-electron chi connectivity index (χ3n) is 5.21. The average molecular weight is 470 g/mol. The van der Waals surface area contributed by atoms with Gasteiger partial charge in [-0.15, -0.1) is 0 Å². The maximum Gasteiger partial charge on any atom is 0.0466 e. The van der Waals surface area contributed by atoms with Crippen molar-refractivity contribution in [2.45, 2.75) is 57.8 Å². The summed E-state index contributed by atoms with van der Waals surface area (Å²) >= 11 is 0. The zero-order chi connectivity index (χ0) is 23.0. The van der Waals surface area contributed by atoms with Gasteiger partial charge in [0.2, 0.25) is 0 Å². The molecule has 4 aliphatic rings. The van der Waals surface area contributed by atoms with E-state index in [0.717, 1.165) is 77.0 Å². The molecule has 0 saturated carbocycles. The number of ether oxygens (including phenoxy) is 2. The molecule has 186 valence electrons. The summed E-state index contributed by atoms with van der Waals surface area (Å²) in [6, 6.07) is 5.72. The molecule has 0 atom stereocenters. The monoisotopic (exact) mass is 469 g/mol. The Labute approximate surface area is 197 Å². The highest BCUT2D eigenvalue weighted by Crippen LogP contribution is 2.09. The predicted octanol–water partition coefficient (Wildman–Crippen LogP) is 3.52. The normalized spacial score (nSPS) is 21.9. The molecule has 32 heavy (non-hydrogen) atoms. The van der Waals surface area contributed by atoms with Crippen molar-refractivity contribution < 1.29 is 13.7 Å². The van der Waals surface area contributed by atoms with E-state index >= 15 is 0 Å². The lowest BCUT2D eigenvalue weighted by Gasteiger charge is -2.13. The molecule has 0 unspecified atom stereocenters. The highest BCUT2D eigenvalue weighted by Gasteiger charge is 2.08. The lowest BCUT2D eigenvalue weighted by molar-refractivity contribution is 0.0967. The van der Waals surface area contributed by atoms with Crippen molar-refractivity contribution in [3.05, 3.63) is 30.6 Å². The van der Waals surface area contributed by atoms with Crippen LogP contribution in [0.25, 0.3) is 0 Å². The molecule has 1 aromatic heterocycles. The van der Waals surface area contributed by atoms with Crippen LogP contribution in [-0.4, -0.2) is 79.2 Å². The molecule has 4 fully saturated rings. The van der Waals surface area contributed by atoms with Crippen LogP contribution in [0.3, 0.4) is 0 Å². The Morgan fingerprint density at radius 2 is 1.03 bits per heavy atom. The lowest BCUT2D eigenvalue weighted by Crippen LogP contribution is -2.39. The zero-order valence-electron chi connectivity index (χ0n) is 20.1. The second-order valence-electron chi connectivity index (χ2n) is 8.31. The minimum atomic E-state index is -1.58. The minimum Gasteiger partial charge on any atom is -0.381 e. The summed E-state index contributed by atoms with van der Waals surface area (Å²) in [6.07, 6.45) is 14.9.